The zero-order chi connectivity index (χ0) is 14.8. The number of esters is 1. The van der Waals surface area contributed by atoms with Crippen LogP contribution in [0.5, 0.6) is 0 Å². The zero-order valence-electron chi connectivity index (χ0n) is 12.7. The van der Waals surface area contributed by atoms with Crippen molar-refractivity contribution < 1.29 is 9.53 Å². The molecule has 0 saturated carbocycles. The van der Waals surface area contributed by atoms with Crippen molar-refractivity contribution in [1.29, 1.82) is 0 Å². The van der Waals surface area contributed by atoms with Gasteiger partial charge in [0.25, 0.3) is 0 Å². The number of carbonyl (C=O) groups excluding carboxylic acids is 1. The maximum absolute atomic E-state index is 11.6. The molecule has 0 aliphatic carbocycles. The van der Waals surface area contributed by atoms with Crippen molar-refractivity contribution in [3.05, 3.63) is 59.2 Å². The highest BCUT2D eigenvalue weighted by atomic mass is 16.5. The molecule has 0 fully saturated rings. The fourth-order valence-electron chi connectivity index (χ4n) is 1.91. The van der Waals surface area contributed by atoms with Gasteiger partial charge in [-0.05, 0) is 39.2 Å². The SMILES string of the molecule is C/C=C(\C)C/C(C)=C/CCOC(=O)Cc1ccccc1. The molecule has 0 bridgehead atoms. The van der Waals surface area contributed by atoms with Crippen LogP contribution in [0.1, 0.15) is 39.2 Å². The highest BCUT2D eigenvalue weighted by Gasteiger charge is 2.03. The predicted octanol–water partition coefficient (Wildman–Crippen LogP) is 4.47. The molecular formula is C18H24O2. The van der Waals surface area contributed by atoms with Crippen LogP contribution in [0.2, 0.25) is 0 Å². The van der Waals surface area contributed by atoms with E-state index in [9.17, 15) is 4.79 Å². The highest BCUT2D eigenvalue weighted by Crippen LogP contribution is 2.10. The topological polar surface area (TPSA) is 26.3 Å². The van der Waals surface area contributed by atoms with Crippen LogP contribution in [-0.2, 0) is 16.0 Å². The Balaban J connectivity index is 2.24. The fraction of sp³-hybridized carbons (Fsp3) is 0.389. The molecule has 2 nitrogen and oxygen atoms in total. The van der Waals surface area contributed by atoms with Crippen molar-refractivity contribution in [2.45, 2.75) is 40.0 Å². The monoisotopic (exact) mass is 272 g/mol. The molecule has 20 heavy (non-hydrogen) atoms. The molecule has 0 N–H and O–H groups in total. The van der Waals surface area contributed by atoms with Crippen LogP contribution in [0.15, 0.2) is 53.6 Å². The van der Waals surface area contributed by atoms with Gasteiger partial charge in [0, 0.05) is 0 Å². The van der Waals surface area contributed by atoms with Crippen molar-refractivity contribution in [1.82, 2.24) is 0 Å². The zero-order valence-corrected chi connectivity index (χ0v) is 12.7. The third-order valence-corrected chi connectivity index (χ3v) is 3.12. The van der Waals surface area contributed by atoms with Crippen LogP contribution in [0, 0.1) is 0 Å². The van der Waals surface area contributed by atoms with Gasteiger partial charge in [-0.25, -0.2) is 0 Å². The molecule has 0 aromatic heterocycles. The Morgan fingerprint density at radius 1 is 1.15 bits per heavy atom. The van der Waals surface area contributed by atoms with Crippen LogP contribution in [0.25, 0.3) is 0 Å². The molecular weight excluding hydrogens is 248 g/mol. The minimum absolute atomic E-state index is 0.160. The molecule has 0 radical (unpaired) electrons. The predicted molar refractivity (Wildman–Crippen MR) is 83.5 cm³/mol. The van der Waals surface area contributed by atoms with Gasteiger partial charge in [-0.3, -0.25) is 4.79 Å². The molecule has 1 rings (SSSR count). The van der Waals surface area contributed by atoms with Crippen molar-refractivity contribution in [3.63, 3.8) is 0 Å². The molecule has 0 atom stereocenters. The van der Waals surface area contributed by atoms with E-state index in [1.54, 1.807) is 0 Å². The number of hydrogen-bond acceptors (Lipinski definition) is 2. The number of benzene rings is 1. The number of ether oxygens (including phenoxy) is 1. The van der Waals surface area contributed by atoms with Gasteiger partial charge < -0.3 is 4.74 Å². The molecule has 0 aliphatic heterocycles. The second-order valence-electron chi connectivity index (χ2n) is 5.03. The second-order valence-corrected chi connectivity index (χ2v) is 5.03. The summed E-state index contributed by atoms with van der Waals surface area (Å²) < 4.78 is 5.23. The Morgan fingerprint density at radius 2 is 1.85 bits per heavy atom. The molecule has 1 aromatic carbocycles. The van der Waals surface area contributed by atoms with E-state index in [0.29, 0.717) is 13.0 Å². The highest BCUT2D eigenvalue weighted by molar-refractivity contribution is 5.72. The van der Waals surface area contributed by atoms with E-state index < -0.39 is 0 Å². The van der Waals surface area contributed by atoms with Gasteiger partial charge in [0.1, 0.15) is 0 Å². The van der Waals surface area contributed by atoms with E-state index in [1.165, 1.54) is 11.1 Å². The van der Waals surface area contributed by atoms with E-state index in [-0.39, 0.29) is 5.97 Å². The Kier molecular flexibility index (Phi) is 7.41. The summed E-state index contributed by atoms with van der Waals surface area (Å²) >= 11 is 0. The third-order valence-electron chi connectivity index (χ3n) is 3.12. The quantitative estimate of drug-likeness (QED) is 0.416. The van der Waals surface area contributed by atoms with Gasteiger partial charge >= 0.3 is 5.97 Å². The van der Waals surface area contributed by atoms with E-state index in [0.717, 1.165) is 18.4 Å². The standard InChI is InChI=1S/C18H24O2/c1-4-15(2)13-16(3)9-8-12-20-18(19)14-17-10-6-5-7-11-17/h4-7,9-11H,8,12-14H2,1-3H3/b15-4+,16-9+. The lowest BCUT2D eigenvalue weighted by Crippen LogP contribution is -2.08. The summed E-state index contributed by atoms with van der Waals surface area (Å²) in [4.78, 5) is 11.6. The van der Waals surface area contributed by atoms with Gasteiger partial charge in [0.05, 0.1) is 13.0 Å². The summed E-state index contributed by atoms with van der Waals surface area (Å²) in [7, 11) is 0. The van der Waals surface area contributed by atoms with Gasteiger partial charge in [0.2, 0.25) is 0 Å². The minimum Gasteiger partial charge on any atom is -0.465 e. The fourth-order valence-corrected chi connectivity index (χ4v) is 1.91. The largest absolute Gasteiger partial charge is 0.465 e. The number of hydrogen-bond donors (Lipinski definition) is 0. The lowest BCUT2D eigenvalue weighted by Gasteiger charge is -2.04. The molecule has 0 unspecified atom stereocenters. The summed E-state index contributed by atoms with van der Waals surface area (Å²) in [6.07, 6.45) is 6.39. The first-order chi connectivity index (χ1) is 9.61. The van der Waals surface area contributed by atoms with E-state index in [2.05, 4.69) is 26.0 Å². The van der Waals surface area contributed by atoms with E-state index in [1.807, 2.05) is 37.3 Å². The first-order valence-electron chi connectivity index (χ1n) is 7.08. The van der Waals surface area contributed by atoms with E-state index in [4.69, 9.17) is 4.74 Å². The summed E-state index contributed by atoms with van der Waals surface area (Å²) in [6.45, 7) is 6.74. The Hall–Kier alpha value is -1.83. The molecule has 0 aliphatic rings. The van der Waals surface area contributed by atoms with Crippen molar-refractivity contribution in [2.75, 3.05) is 6.61 Å². The summed E-state index contributed by atoms with van der Waals surface area (Å²) in [5.41, 5.74) is 3.67. The average Bonchev–Trinajstić information content (AvgIpc) is 2.44. The molecule has 0 heterocycles. The maximum atomic E-state index is 11.6. The smallest absolute Gasteiger partial charge is 0.310 e. The Morgan fingerprint density at radius 3 is 2.50 bits per heavy atom. The van der Waals surface area contributed by atoms with Crippen LogP contribution in [0.3, 0.4) is 0 Å². The van der Waals surface area contributed by atoms with Crippen molar-refractivity contribution in [2.24, 2.45) is 0 Å². The van der Waals surface area contributed by atoms with Crippen LogP contribution in [-0.4, -0.2) is 12.6 Å². The molecule has 0 spiro atoms. The number of allylic oxidation sites excluding steroid dienone is 3. The van der Waals surface area contributed by atoms with Crippen molar-refractivity contribution >= 4 is 5.97 Å². The summed E-state index contributed by atoms with van der Waals surface area (Å²) in [6, 6.07) is 9.67. The molecule has 0 saturated heterocycles. The van der Waals surface area contributed by atoms with Crippen LogP contribution >= 0.6 is 0 Å². The normalized spacial score (nSPS) is 12.3. The number of carbonyl (C=O) groups is 1. The second kappa shape index (κ2) is 9.13. The Bertz CT molecular complexity index is 469. The first-order valence-corrected chi connectivity index (χ1v) is 7.08. The van der Waals surface area contributed by atoms with Crippen LogP contribution < -0.4 is 0 Å². The number of rotatable bonds is 7. The lowest BCUT2D eigenvalue weighted by molar-refractivity contribution is -0.142. The summed E-state index contributed by atoms with van der Waals surface area (Å²) in [5, 5.41) is 0. The van der Waals surface area contributed by atoms with Gasteiger partial charge in [-0.1, -0.05) is 53.6 Å². The first kappa shape index (κ1) is 16.2. The molecule has 0 amide bonds. The van der Waals surface area contributed by atoms with Gasteiger partial charge in [-0.15, -0.1) is 0 Å². The molecule has 108 valence electrons. The summed E-state index contributed by atoms with van der Waals surface area (Å²) in [5.74, 6) is -0.160. The van der Waals surface area contributed by atoms with Gasteiger partial charge in [0.15, 0.2) is 0 Å². The van der Waals surface area contributed by atoms with E-state index >= 15 is 0 Å². The molecule has 2 heteroatoms. The third kappa shape index (κ3) is 6.93. The van der Waals surface area contributed by atoms with Crippen molar-refractivity contribution in [3.8, 4) is 0 Å². The Labute approximate surface area is 122 Å². The lowest BCUT2D eigenvalue weighted by atomic mass is 10.1. The average molecular weight is 272 g/mol. The molecule has 1 aromatic rings. The minimum atomic E-state index is -0.160. The maximum Gasteiger partial charge on any atom is 0.310 e. The van der Waals surface area contributed by atoms with Gasteiger partial charge in [-0.2, -0.15) is 0 Å². The van der Waals surface area contributed by atoms with Crippen LogP contribution in [0.4, 0.5) is 0 Å².